The second kappa shape index (κ2) is 9.39. The van der Waals surface area contributed by atoms with E-state index in [1.807, 2.05) is 4.90 Å². The summed E-state index contributed by atoms with van der Waals surface area (Å²) in [5.74, 6) is -0.781. The summed E-state index contributed by atoms with van der Waals surface area (Å²) in [5, 5.41) is 2.74. The Morgan fingerprint density at radius 2 is 2.07 bits per heavy atom. The van der Waals surface area contributed by atoms with E-state index in [-0.39, 0.29) is 17.4 Å². The van der Waals surface area contributed by atoms with Gasteiger partial charge in [0.25, 0.3) is 15.9 Å². The van der Waals surface area contributed by atoms with Gasteiger partial charge in [0.05, 0.1) is 5.92 Å². The molecule has 2 aliphatic heterocycles. The van der Waals surface area contributed by atoms with Crippen molar-refractivity contribution >= 4 is 27.7 Å². The molecule has 2 heterocycles. The second-order valence-electron chi connectivity index (χ2n) is 7.34. The number of ether oxygens (including phenoxy) is 1. The van der Waals surface area contributed by atoms with Gasteiger partial charge in [-0.1, -0.05) is 31.9 Å². The first kappa shape index (κ1) is 21.3. The maximum absolute atomic E-state index is 12.4. The molecule has 158 valence electrons. The van der Waals surface area contributed by atoms with Crippen LogP contribution >= 0.6 is 0 Å². The summed E-state index contributed by atoms with van der Waals surface area (Å²) in [6.45, 7) is 3.31. The van der Waals surface area contributed by atoms with Crippen LogP contribution in [-0.4, -0.2) is 57.3 Å². The van der Waals surface area contributed by atoms with Gasteiger partial charge in [0.15, 0.2) is 12.4 Å². The Hall–Kier alpha value is -2.42. The minimum atomic E-state index is -3.70. The lowest BCUT2D eigenvalue weighted by Crippen LogP contribution is -2.43. The van der Waals surface area contributed by atoms with Crippen LogP contribution in [0.4, 0.5) is 0 Å². The zero-order valence-electron chi connectivity index (χ0n) is 16.6. The van der Waals surface area contributed by atoms with Gasteiger partial charge in [0.1, 0.15) is 4.90 Å². The number of benzene rings is 1. The Kier molecular flexibility index (Phi) is 6.89. The predicted molar refractivity (Wildman–Crippen MR) is 108 cm³/mol. The number of amides is 1. The molecule has 29 heavy (non-hydrogen) atoms. The summed E-state index contributed by atoms with van der Waals surface area (Å²) >= 11 is 0. The van der Waals surface area contributed by atoms with Gasteiger partial charge in [-0.05, 0) is 31.4 Å². The molecule has 1 saturated heterocycles. The van der Waals surface area contributed by atoms with E-state index in [4.69, 9.17) is 4.74 Å². The number of nitrogens with zero attached hydrogens (tertiary/aromatic N) is 2. The smallest absolute Gasteiger partial charge is 0.311 e. The van der Waals surface area contributed by atoms with E-state index in [1.165, 1.54) is 6.07 Å². The van der Waals surface area contributed by atoms with Crippen molar-refractivity contribution in [2.24, 2.45) is 10.3 Å². The second-order valence-corrected chi connectivity index (χ2v) is 8.91. The van der Waals surface area contributed by atoms with E-state index >= 15 is 0 Å². The van der Waals surface area contributed by atoms with Crippen molar-refractivity contribution in [3.63, 3.8) is 0 Å². The summed E-state index contributed by atoms with van der Waals surface area (Å²) < 4.78 is 33.7. The summed E-state index contributed by atoms with van der Waals surface area (Å²) in [6.07, 6.45) is 4.36. The molecule has 1 N–H and O–H groups in total. The van der Waals surface area contributed by atoms with Crippen LogP contribution in [0.5, 0.6) is 0 Å². The number of nitrogens with one attached hydrogen (secondary N) is 1. The van der Waals surface area contributed by atoms with E-state index < -0.39 is 21.9 Å². The van der Waals surface area contributed by atoms with Gasteiger partial charge in [-0.25, -0.2) is 0 Å². The molecule has 1 atom stereocenters. The fourth-order valence-electron chi connectivity index (χ4n) is 3.59. The van der Waals surface area contributed by atoms with Crippen molar-refractivity contribution in [3.05, 3.63) is 29.8 Å². The molecular formula is C20H27N3O5S. The monoisotopic (exact) mass is 421 g/mol. The van der Waals surface area contributed by atoms with Crippen LogP contribution < -0.4 is 5.32 Å². The number of carbonyl (C=O) groups excluding carboxylic acids is 2. The molecular weight excluding hydrogens is 394 g/mol. The largest absolute Gasteiger partial charge is 0.455 e. The highest BCUT2D eigenvalue weighted by atomic mass is 32.2. The fourth-order valence-corrected chi connectivity index (χ4v) is 4.81. The Morgan fingerprint density at radius 1 is 1.28 bits per heavy atom. The topological polar surface area (TPSA) is 105 Å². The lowest BCUT2D eigenvalue weighted by molar-refractivity contribution is -0.153. The third-order valence-electron chi connectivity index (χ3n) is 5.11. The molecule has 0 radical (unpaired) electrons. The SMILES string of the molecule is CCCCCNC(=O)COC(=O)[C@@H]1CCCN(C2=NS(=O)(=O)c3ccccc32)C1. The van der Waals surface area contributed by atoms with Crippen molar-refractivity contribution in [2.75, 3.05) is 26.2 Å². The van der Waals surface area contributed by atoms with Crippen LogP contribution in [-0.2, 0) is 24.3 Å². The fraction of sp³-hybridized carbons (Fsp3) is 0.550. The maximum Gasteiger partial charge on any atom is 0.311 e. The van der Waals surface area contributed by atoms with Crippen molar-refractivity contribution < 1.29 is 22.7 Å². The lowest BCUT2D eigenvalue weighted by Gasteiger charge is -2.32. The number of unbranched alkanes of at least 4 members (excludes halogenated alkanes) is 2. The van der Waals surface area contributed by atoms with E-state index in [2.05, 4.69) is 16.6 Å². The van der Waals surface area contributed by atoms with Crippen molar-refractivity contribution in [2.45, 2.75) is 43.9 Å². The number of hydrogen-bond acceptors (Lipinski definition) is 6. The van der Waals surface area contributed by atoms with Gasteiger partial charge in [0, 0.05) is 25.2 Å². The number of sulfonamides is 1. The van der Waals surface area contributed by atoms with Crippen LogP contribution in [0.2, 0.25) is 0 Å². The summed E-state index contributed by atoms with van der Waals surface area (Å²) in [4.78, 5) is 26.2. The molecule has 1 fully saturated rings. The molecule has 9 heteroatoms. The van der Waals surface area contributed by atoms with E-state index in [9.17, 15) is 18.0 Å². The Labute approximate surface area is 171 Å². The molecule has 2 aliphatic rings. The van der Waals surface area contributed by atoms with E-state index in [1.54, 1.807) is 18.2 Å². The van der Waals surface area contributed by atoms with E-state index in [0.717, 1.165) is 19.3 Å². The molecule has 3 rings (SSSR count). The highest BCUT2D eigenvalue weighted by molar-refractivity contribution is 7.90. The molecule has 0 aromatic heterocycles. The molecule has 1 aromatic carbocycles. The third kappa shape index (κ3) is 5.14. The zero-order valence-corrected chi connectivity index (χ0v) is 17.4. The Bertz CT molecular complexity index is 897. The normalized spacial score (nSPS) is 20.0. The van der Waals surface area contributed by atoms with Crippen LogP contribution in [0, 0.1) is 5.92 Å². The van der Waals surface area contributed by atoms with Gasteiger partial charge < -0.3 is 15.0 Å². The van der Waals surface area contributed by atoms with Crippen LogP contribution in [0.1, 0.15) is 44.6 Å². The van der Waals surface area contributed by atoms with Gasteiger partial charge in [-0.15, -0.1) is 4.40 Å². The minimum absolute atomic E-state index is 0.194. The van der Waals surface area contributed by atoms with Gasteiger partial charge in [-0.3, -0.25) is 9.59 Å². The Morgan fingerprint density at radius 3 is 2.86 bits per heavy atom. The molecule has 0 bridgehead atoms. The lowest BCUT2D eigenvalue weighted by atomic mass is 9.97. The molecule has 0 aliphatic carbocycles. The minimum Gasteiger partial charge on any atom is -0.455 e. The van der Waals surface area contributed by atoms with Crippen LogP contribution in [0.3, 0.4) is 0 Å². The number of piperidine rings is 1. The van der Waals surface area contributed by atoms with Gasteiger partial charge in [0.2, 0.25) is 0 Å². The van der Waals surface area contributed by atoms with Gasteiger partial charge in [-0.2, -0.15) is 8.42 Å². The molecule has 0 unspecified atom stereocenters. The van der Waals surface area contributed by atoms with Crippen molar-refractivity contribution in [1.29, 1.82) is 0 Å². The van der Waals surface area contributed by atoms with Crippen molar-refractivity contribution in [1.82, 2.24) is 10.2 Å². The molecule has 0 saturated carbocycles. The number of hydrogen-bond donors (Lipinski definition) is 1. The molecule has 0 spiro atoms. The number of fused-ring (bicyclic) bond motifs is 1. The number of likely N-dealkylation sites (tertiary alicyclic amines) is 1. The quantitative estimate of drug-likeness (QED) is 0.531. The first-order valence-electron chi connectivity index (χ1n) is 10.0. The summed E-state index contributed by atoms with van der Waals surface area (Å²) in [5.41, 5.74) is 0.563. The first-order valence-corrected chi connectivity index (χ1v) is 11.5. The molecule has 8 nitrogen and oxygen atoms in total. The van der Waals surface area contributed by atoms with E-state index in [0.29, 0.717) is 43.9 Å². The van der Waals surface area contributed by atoms with Crippen molar-refractivity contribution in [3.8, 4) is 0 Å². The Balaban J connectivity index is 1.56. The predicted octanol–water partition coefficient (Wildman–Crippen LogP) is 1.70. The summed E-state index contributed by atoms with van der Waals surface area (Å²) in [6, 6.07) is 6.70. The van der Waals surface area contributed by atoms with Gasteiger partial charge >= 0.3 is 5.97 Å². The average molecular weight is 422 g/mol. The van der Waals surface area contributed by atoms with Crippen LogP contribution in [0.15, 0.2) is 33.6 Å². The molecule has 1 amide bonds. The summed E-state index contributed by atoms with van der Waals surface area (Å²) in [7, 11) is -3.70. The number of rotatable bonds is 7. The highest BCUT2D eigenvalue weighted by Gasteiger charge is 2.35. The highest BCUT2D eigenvalue weighted by Crippen LogP contribution is 2.29. The zero-order chi connectivity index (χ0) is 20.9. The third-order valence-corrected chi connectivity index (χ3v) is 6.44. The first-order chi connectivity index (χ1) is 13.9. The molecule has 1 aromatic rings. The average Bonchev–Trinajstić information content (AvgIpc) is 3.01. The number of carbonyl (C=O) groups is 2. The standard InChI is InChI=1S/C20H27N3O5S/c1-2-3-6-11-21-18(24)14-28-20(25)15-8-7-12-23(13-15)19-16-9-4-5-10-17(16)29(26,27)22-19/h4-5,9-10,15H,2-3,6-8,11-14H2,1H3,(H,21,24)/t15-/m1/s1. The number of esters is 1. The maximum atomic E-state index is 12.4. The van der Waals surface area contributed by atoms with Crippen LogP contribution in [0.25, 0.3) is 0 Å². The number of amidine groups is 1.